The number of ketones is 1. The lowest BCUT2D eigenvalue weighted by atomic mass is 10.1. The zero-order valence-electron chi connectivity index (χ0n) is 8.21. The monoisotopic (exact) mass is 257 g/mol. The molecule has 0 aliphatic heterocycles. The molecule has 0 fully saturated rings. The van der Waals surface area contributed by atoms with Crippen LogP contribution in [-0.2, 0) is 0 Å². The fraction of sp³-hybridized carbons (Fsp3) is 0.400. The van der Waals surface area contributed by atoms with Gasteiger partial charge >= 0.3 is 0 Å². The summed E-state index contributed by atoms with van der Waals surface area (Å²) in [5, 5.41) is 11.4. The van der Waals surface area contributed by atoms with Crippen molar-refractivity contribution in [1.82, 2.24) is 0 Å². The van der Waals surface area contributed by atoms with Gasteiger partial charge in [-0.25, -0.2) is 0 Å². The van der Waals surface area contributed by atoms with Crippen molar-refractivity contribution in [1.29, 1.82) is 0 Å². The topological polar surface area (TPSA) is 44.0 Å². The third-order valence-electron chi connectivity index (χ3n) is 1.96. The number of carbonyl (C=O) groups excluding carboxylic acids is 1. The molecule has 4 heteroatoms. The lowest BCUT2D eigenvalue weighted by Crippen LogP contribution is -2.34. The van der Waals surface area contributed by atoms with Crippen LogP contribution in [0.15, 0.2) is 16.7 Å². The van der Waals surface area contributed by atoms with E-state index in [4.69, 9.17) is 0 Å². The second-order valence-electron chi connectivity index (χ2n) is 3.19. The van der Waals surface area contributed by atoms with Gasteiger partial charge in [-0.1, -0.05) is 6.92 Å². The fourth-order valence-electron chi connectivity index (χ4n) is 1.17. The normalized spacial score (nSPS) is 10.2. The highest BCUT2D eigenvalue weighted by atomic mass is 79.9. The van der Waals surface area contributed by atoms with Crippen LogP contribution in [0.25, 0.3) is 0 Å². The molecule has 0 aliphatic carbocycles. The van der Waals surface area contributed by atoms with Crippen LogP contribution < -0.4 is 4.73 Å². The zero-order valence-corrected chi connectivity index (χ0v) is 9.80. The number of Topliss-reactive ketones (excluding diaryl/α,β-unsaturated/α-hetero) is 1. The Balaban J connectivity index is 3.09. The van der Waals surface area contributed by atoms with Crippen LogP contribution in [0.1, 0.15) is 35.8 Å². The quantitative estimate of drug-likeness (QED) is 0.474. The van der Waals surface area contributed by atoms with Crippen LogP contribution in [-0.4, -0.2) is 5.78 Å². The Morgan fingerprint density at radius 3 is 2.86 bits per heavy atom. The highest BCUT2D eigenvalue weighted by molar-refractivity contribution is 9.10. The van der Waals surface area contributed by atoms with Crippen molar-refractivity contribution in [3.63, 3.8) is 0 Å². The number of pyridine rings is 1. The van der Waals surface area contributed by atoms with Gasteiger partial charge in [0.15, 0.2) is 6.20 Å². The summed E-state index contributed by atoms with van der Waals surface area (Å²) in [7, 11) is 0. The first-order chi connectivity index (χ1) is 6.56. The maximum atomic E-state index is 11.5. The SMILES string of the molecule is CCCC(=O)c1cc(C)c(Br)c[n+]1[O-]. The number of nitrogens with zero attached hydrogens (tertiary/aromatic N) is 1. The fourth-order valence-corrected chi connectivity index (χ4v) is 1.47. The minimum atomic E-state index is -0.0990. The average molecular weight is 258 g/mol. The summed E-state index contributed by atoms with van der Waals surface area (Å²) < 4.78 is 1.34. The number of hydrogen-bond donors (Lipinski definition) is 0. The van der Waals surface area contributed by atoms with Crippen LogP contribution in [0.4, 0.5) is 0 Å². The van der Waals surface area contributed by atoms with Crippen molar-refractivity contribution in [2.24, 2.45) is 0 Å². The number of halogens is 1. The largest absolute Gasteiger partial charge is 0.618 e. The Kier molecular flexibility index (Phi) is 3.63. The average Bonchev–Trinajstić information content (AvgIpc) is 2.11. The van der Waals surface area contributed by atoms with Gasteiger partial charge in [-0.3, -0.25) is 4.79 Å². The van der Waals surface area contributed by atoms with E-state index in [0.717, 1.165) is 16.5 Å². The highest BCUT2D eigenvalue weighted by Crippen LogP contribution is 2.14. The predicted molar refractivity (Wildman–Crippen MR) is 57.1 cm³/mol. The summed E-state index contributed by atoms with van der Waals surface area (Å²) in [5.41, 5.74) is 1.13. The summed E-state index contributed by atoms with van der Waals surface area (Å²) in [6.45, 7) is 3.77. The molecule has 0 aromatic carbocycles. The van der Waals surface area contributed by atoms with E-state index in [0.29, 0.717) is 11.2 Å². The van der Waals surface area contributed by atoms with E-state index in [-0.39, 0.29) is 11.5 Å². The van der Waals surface area contributed by atoms with Gasteiger partial charge in [0.05, 0.1) is 4.47 Å². The van der Waals surface area contributed by atoms with Crippen LogP contribution >= 0.6 is 15.9 Å². The molecule has 0 aliphatic rings. The van der Waals surface area contributed by atoms with Crippen molar-refractivity contribution < 1.29 is 9.52 Å². The molecule has 1 aromatic rings. The van der Waals surface area contributed by atoms with Crippen molar-refractivity contribution in [3.8, 4) is 0 Å². The first-order valence-electron chi connectivity index (χ1n) is 4.48. The van der Waals surface area contributed by atoms with E-state index in [1.54, 1.807) is 6.07 Å². The second kappa shape index (κ2) is 4.55. The van der Waals surface area contributed by atoms with E-state index in [2.05, 4.69) is 15.9 Å². The molecule has 0 saturated heterocycles. The number of aromatic nitrogens is 1. The Morgan fingerprint density at radius 2 is 2.29 bits per heavy atom. The molecule has 0 amide bonds. The van der Waals surface area contributed by atoms with E-state index in [1.165, 1.54) is 6.20 Å². The first-order valence-corrected chi connectivity index (χ1v) is 5.28. The van der Waals surface area contributed by atoms with E-state index in [1.807, 2.05) is 13.8 Å². The van der Waals surface area contributed by atoms with Crippen LogP contribution in [0.3, 0.4) is 0 Å². The molecular weight excluding hydrogens is 246 g/mol. The van der Waals surface area contributed by atoms with Gasteiger partial charge in [-0.15, -0.1) is 0 Å². The number of carbonyl (C=O) groups is 1. The van der Waals surface area contributed by atoms with Crippen LogP contribution in [0.5, 0.6) is 0 Å². The lowest BCUT2D eigenvalue weighted by molar-refractivity contribution is -0.608. The maximum absolute atomic E-state index is 11.5. The Hall–Kier alpha value is -0.900. The lowest BCUT2D eigenvalue weighted by Gasteiger charge is -2.05. The van der Waals surface area contributed by atoms with E-state index >= 15 is 0 Å². The summed E-state index contributed by atoms with van der Waals surface area (Å²) in [6.07, 6.45) is 2.55. The van der Waals surface area contributed by atoms with Crippen molar-refractivity contribution >= 4 is 21.7 Å². The van der Waals surface area contributed by atoms with Gasteiger partial charge in [-0.05, 0) is 34.8 Å². The Labute approximate surface area is 91.5 Å². The van der Waals surface area contributed by atoms with E-state index < -0.39 is 0 Å². The third-order valence-corrected chi connectivity index (χ3v) is 2.79. The van der Waals surface area contributed by atoms with Gasteiger partial charge in [0.25, 0.3) is 5.69 Å². The summed E-state index contributed by atoms with van der Waals surface area (Å²) >= 11 is 3.24. The molecule has 0 radical (unpaired) electrons. The van der Waals surface area contributed by atoms with Gasteiger partial charge in [0.1, 0.15) is 0 Å². The molecule has 14 heavy (non-hydrogen) atoms. The van der Waals surface area contributed by atoms with Crippen molar-refractivity contribution in [3.05, 3.63) is 33.2 Å². The number of aryl methyl sites for hydroxylation is 1. The molecule has 0 N–H and O–H groups in total. The molecule has 1 aromatic heterocycles. The maximum Gasteiger partial charge on any atom is 0.260 e. The smallest absolute Gasteiger partial charge is 0.260 e. The minimum Gasteiger partial charge on any atom is -0.618 e. The second-order valence-corrected chi connectivity index (χ2v) is 4.04. The third kappa shape index (κ3) is 2.32. The van der Waals surface area contributed by atoms with Crippen LogP contribution in [0, 0.1) is 12.1 Å². The van der Waals surface area contributed by atoms with Gasteiger partial charge < -0.3 is 5.21 Å². The summed E-state index contributed by atoms with van der Waals surface area (Å²) in [4.78, 5) is 11.5. The molecule has 3 nitrogen and oxygen atoms in total. The van der Waals surface area contributed by atoms with Gasteiger partial charge in [-0.2, -0.15) is 4.73 Å². The Bertz CT molecular complexity index is 363. The van der Waals surface area contributed by atoms with Crippen molar-refractivity contribution in [2.45, 2.75) is 26.7 Å². The van der Waals surface area contributed by atoms with Gasteiger partial charge in [0, 0.05) is 12.5 Å². The van der Waals surface area contributed by atoms with Gasteiger partial charge in [0.2, 0.25) is 5.78 Å². The zero-order chi connectivity index (χ0) is 10.7. The van der Waals surface area contributed by atoms with Crippen molar-refractivity contribution in [2.75, 3.05) is 0 Å². The summed E-state index contributed by atoms with van der Waals surface area (Å²) in [5.74, 6) is -0.0990. The number of rotatable bonds is 3. The molecule has 1 rings (SSSR count). The molecule has 0 bridgehead atoms. The summed E-state index contributed by atoms with van der Waals surface area (Å²) in [6, 6.07) is 1.62. The molecule has 0 spiro atoms. The molecule has 1 heterocycles. The first kappa shape index (κ1) is 11.2. The molecule has 76 valence electrons. The molecule has 0 atom stereocenters. The standard InChI is InChI=1S/C10H12BrNO2/c1-3-4-10(13)9-5-7(2)8(11)6-12(9)14/h5-6H,3-4H2,1-2H3. The highest BCUT2D eigenvalue weighted by Gasteiger charge is 2.16. The predicted octanol–water partition coefficient (Wildman–Crippen LogP) is 2.37. The molecule has 0 unspecified atom stereocenters. The minimum absolute atomic E-state index is 0.0990. The van der Waals surface area contributed by atoms with E-state index in [9.17, 15) is 10.0 Å². The molecular formula is C10H12BrNO2. The van der Waals surface area contributed by atoms with Crippen LogP contribution in [0.2, 0.25) is 0 Å². The number of hydrogen-bond acceptors (Lipinski definition) is 2. The Morgan fingerprint density at radius 1 is 1.64 bits per heavy atom. The molecule has 0 saturated carbocycles.